The summed E-state index contributed by atoms with van der Waals surface area (Å²) in [5.74, 6) is 1.41. The SMILES string of the molecule is CCC(C)NC(=O)C1CCN(c2cncnc2N2CCCC2)CC1. The molecule has 0 spiro atoms. The zero-order valence-corrected chi connectivity index (χ0v) is 14.9. The third-order valence-electron chi connectivity index (χ3n) is 5.29. The van der Waals surface area contributed by atoms with E-state index in [-0.39, 0.29) is 17.9 Å². The molecular weight excluding hydrogens is 302 g/mol. The molecule has 6 heteroatoms. The highest BCUT2D eigenvalue weighted by atomic mass is 16.1. The Hall–Kier alpha value is -1.85. The van der Waals surface area contributed by atoms with E-state index in [4.69, 9.17) is 0 Å². The van der Waals surface area contributed by atoms with Crippen molar-refractivity contribution in [2.45, 2.75) is 52.0 Å². The Bertz CT molecular complexity index is 550. The van der Waals surface area contributed by atoms with Crippen LogP contribution in [0, 0.1) is 5.92 Å². The number of carbonyl (C=O) groups excluding carboxylic acids is 1. The van der Waals surface area contributed by atoms with Crippen LogP contribution >= 0.6 is 0 Å². The molecule has 0 bridgehead atoms. The van der Waals surface area contributed by atoms with E-state index >= 15 is 0 Å². The predicted octanol–water partition coefficient (Wildman–Crippen LogP) is 2.21. The van der Waals surface area contributed by atoms with Gasteiger partial charge in [-0.15, -0.1) is 0 Å². The Kier molecular flexibility index (Phi) is 5.53. The number of amides is 1. The summed E-state index contributed by atoms with van der Waals surface area (Å²) in [4.78, 5) is 25.8. The fourth-order valence-electron chi connectivity index (χ4n) is 3.56. The van der Waals surface area contributed by atoms with Gasteiger partial charge in [0.1, 0.15) is 6.33 Å². The third kappa shape index (κ3) is 3.79. The van der Waals surface area contributed by atoms with E-state index in [1.54, 1.807) is 6.33 Å². The van der Waals surface area contributed by atoms with Crippen LogP contribution < -0.4 is 15.1 Å². The van der Waals surface area contributed by atoms with Crippen molar-refractivity contribution in [3.8, 4) is 0 Å². The molecule has 2 aliphatic rings. The molecule has 1 amide bonds. The number of carbonyl (C=O) groups is 1. The number of nitrogens with zero attached hydrogens (tertiary/aromatic N) is 4. The van der Waals surface area contributed by atoms with Gasteiger partial charge in [-0.1, -0.05) is 6.92 Å². The lowest BCUT2D eigenvalue weighted by atomic mass is 9.95. The lowest BCUT2D eigenvalue weighted by molar-refractivity contribution is -0.126. The summed E-state index contributed by atoms with van der Waals surface area (Å²) in [6, 6.07) is 0.264. The number of anilines is 2. The molecule has 1 N–H and O–H groups in total. The molecule has 2 saturated heterocycles. The van der Waals surface area contributed by atoms with Crippen LogP contribution in [-0.2, 0) is 4.79 Å². The van der Waals surface area contributed by atoms with Crippen molar-refractivity contribution in [1.29, 1.82) is 0 Å². The molecule has 1 atom stereocenters. The lowest BCUT2D eigenvalue weighted by Gasteiger charge is -2.35. The van der Waals surface area contributed by atoms with Crippen molar-refractivity contribution in [3.63, 3.8) is 0 Å². The highest BCUT2D eigenvalue weighted by molar-refractivity contribution is 5.79. The summed E-state index contributed by atoms with van der Waals surface area (Å²) >= 11 is 0. The summed E-state index contributed by atoms with van der Waals surface area (Å²) in [5.41, 5.74) is 1.13. The molecule has 0 saturated carbocycles. The minimum atomic E-state index is 0.134. The maximum Gasteiger partial charge on any atom is 0.223 e. The lowest BCUT2D eigenvalue weighted by Crippen LogP contribution is -2.43. The van der Waals surface area contributed by atoms with Crippen molar-refractivity contribution < 1.29 is 4.79 Å². The van der Waals surface area contributed by atoms with E-state index in [1.165, 1.54) is 12.8 Å². The van der Waals surface area contributed by atoms with Crippen LogP contribution in [0.4, 0.5) is 11.5 Å². The van der Waals surface area contributed by atoms with Gasteiger partial charge in [0, 0.05) is 38.1 Å². The van der Waals surface area contributed by atoms with Crippen molar-refractivity contribution in [2.24, 2.45) is 5.92 Å². The van der Waals surface area contributed by atoms with Crippen molar-refractivity contribution in [1.82, 2.24) is 15.3 Å². The largest absolute Gasteiger partial charge is 0.367 e. The van der Waals surface area contributed by atoms with Crippen LogP contribution in [0.25, 0.3) is 0 Å². The second-order valence-electron chi connectivity index (χ2n) is 7.00. The summed E-state index contributed by atoms with van der Waals surface area (Å²) in [6.45, 7) is 8.12. The van der Waals surface area contributed by atoms with Gasteiger partial charge in [0.2, 0.25) is 5.91 Å². The van der Waals surface area contributed by atoms with Gasteiger partial charge in [-0.05, 0) is 39.0 Å². The summed E-state index contributed by atoms with van der Waals surface area (Å²) in [7, 11) is 0. The van der Waals surface area contributed by atoms with E-state index in [9.17, 15) is 4.79 Å². The fourth-order valence-corrected chi connectivity index (χ4v) is 3.56. The molecule has 24 heavy (non-hydrogen) atoms. The van der Waals surface area contributed by atoms with Crippen LogP contribution in [0.3, 0.4) is 0 Å². The summed E-state index contributed by atoms with van der Waals surface area (Å²) < 4.78 is 0. The monoisotopic (exact) mass is 331 g/mol. The van der Waals surface area contributed by atoms with E-state index in [2.05, 4.69) is 38.9 Å². The molecule has 6 nitrogen and oxygen atoms in total. The Balaban J connectivity index is 1.62. The minimum absolute atomic E-state index is 0.134. The van der Waals surface area contributed by atoms with E-state index < -0.39 is 0 Å². The number of hydrogen-bond acceptors (Lipinski definition) is 5. The van der Waals surface area contributed by atoms with E-state index in [1.807, 2.05) is 6.20 Å². The topological polar surface area (TPSA) is 61.4 Å². The van der Waals surface area contributed by atoms with Crippen LogP contribution in [0.5, 0.6) is 0 Å². The Labute approximate surface area is 144 Å². The average Bonchev–Trinajstić information content (AvgIpc) is 3.16. The summed E-state index contributed by atoms with van der Waals surface area (Å²) in [5, 5.41) is 3.12. The highest BCUT2D eigenvalue weighted by Crippen LogP contribution is 2.31. The molecule has 132 valence electrons. The molecule has 3 heterocycles. The van der Waals surface area contributed by atoms with Crippen LogP contribution in [0.2, 0.25) is 0 Å². The van der Waals surface area contributed by atoms with Gasteiger partial charge in [-0.2, -0.15) is 0 Å². The molecular formula is C18H29N5O. The summed E-state index contributed by atoms with van der Waals surface area (Å²) in [6.07, 6.45) is 8.82. The van der Waals surface area contributed by atoms with Crippen LogP contribution in [0.15, 0.2) is 12.5 Å². The van der Waals surface area contributed by atoms with E-state index in [0.717, 1.165) is 56.9 Å². The first kappa shape index (κ1) is 17.0. The van der Waals surface area contributed by atoms with Gasteiger partial charge in [0.15, 0.2) is 5.82 Å². The zero-order chi connectivity index (χ0) is 16.9. The molecule has 2 aliphatic heterocycles. The minimum Gasteiger partial charge on any atom is -0.367 e. The van der Waals surface area contributed by atoms with Gasteiger partial charge in [0.25, 0.3) is 0 Å². The molecule has 3 rings (SSSR count). The second kappa shape index (κ2) is 7.81. The number of aromatic nitrogens is 2. The third-order valence-corrected chi connectivity index (χ3v) is 5.29. The molecule has 2 fully saturated rings. The van der Waals surface area contributed by atoms with Crippen molar-refractivity contribution in [3.05, 3.63) is 12.5 Å². The quantitative estimate of drug-likeness (QED) is 0.896. The Morgan fingerprint density at radius 3 is 2.62 bits per heavy atom. The van der Waals surface area contributed by atoms with Gasteiger partial charge in [-0.3, -0.25) is 4.79 Å². The van der Waals surface area contributed by atoms with Gasteiger partial charge >= 0.3 is 0 Å². The van der Waals surface area contributed by atoms with Crippen LogP contribution in [-0.4, -0.2) is 48.1 Å². The van der Waals surface area contributed by atoms with Gasteiger partial charge < -0.3 is 15.1 Å². The maximum absolute atomic E-state index is 12.3. The normalized spacial score (nSPS) is 20.2. The molecule has 1 aromatic heterocycles. The van der Waals surface area contributed by atoms with Gasteiger partial charge in [-0.25, -0.2) is 9.97 Å². The second-order valence-corrected chi connectivity index (χ2v) is 7.00. The van der Waals surface area contributed by atoms with E-state index in [0.29, 0.717) is 0 Å². The predicted molar refractivity (Wildman–Crippen MR) is 96.3 cm³/mol. The maximum atomic E-state index is 12.3. The highest BCUT2D eigenvalue weighted by Gasteiger charge is 2.28. The molecule has 0 radical (unpaired) electrons. The molecule has 0 aromatic carbocycles. The van der Waals surface area contributed by atoms with Gasteiger partial charge in [0.05, 0.1) is 11.9 Å². The number of rotatable bonds is 5. The Morgan fingerprint density at radius 1 is 1.25 bits per heavy atom. The van der Waals surface area contributed by atoms with Crippen molar-refractivity contribution >= 4 is 17.4 Å². The molecule has 1 unspecified atom stereocenters. The van der Waals surface area contributed by atoms with Crippen LogP contribution in [0.1, 0.15) is 46.0 Å². The molecule has 0 aliphatic carbocycles. The zero-order valence-electron chi connectivity index (χ0n) is 14.9. The first-order valence-corrected chi connectivity index (χ1v) is 9.29. The molecule has 1 aromatic rings. The standard InChI is InChI=1S/C18H29N5O/c1-3-14(2)21-18(24)15-6-10-22(11-7-15)16-12-19-13-20-17(16)23-8-4-5-9-23/h12-15H,3-11H2,1-2H3,(H,21,24). The first-order valence-electron chi connectivity index (χ1n) is 9.29. The number of nitrogens with one attached hydrogen (secondary N) is 1. The first-order chi connectivity index (χ1) is 11.7. The fraction of sp³-hybridized carbons (Fsp3) is 0.722. The average molecular weight is 331 g/mol. The number of hydrogen-bond donors (Lipinski definition) is 1. The number of piperidine rings is 1. The smallest absolute Gasteiger partial charge is 0.223 e. The van der Waals surface area contributed by atoms with Crippen molar-refractivity contribution in [2.75, 3.05) is 36.0 Å². The Morgan fingerprint density at radius 2 is 1.96 bits per heavy atom.